The monoisotopic (exact) mass is 279 g/mol. The molecule has 0 aliphatic heterocycles. The van der Waals surface area contributed by atoms with E-state index in [1.54, 1.807) is 24.3 Å². The molecule has 0 saturated heterocycles. The van der Waals surface area contributed by atoms with Crippen molar-refractivity contribution in [3.63, 3.8) is 0 Å². The Morgan fingerprint density at radius 2 is 1.75 bits per heavy atom. The van der Waals surface area contributed by atoms with Gasteiger partial charge in [-0.2, -0.15) is 0 Å². The average molecular weight is 279 g/mol. The van der Waals surface area contributed by atoms with Crippen LogP contribution in [-0.4, -0.2) is 49.7 Å². The fourth-order valence-electron chi connectivity index (χ4n) is 1.50. The van der Waals surface area contributed by atoms with Crippen molar-refractivity contribution in [2.24, 2.45) is 0 Å². The molecule has 0 aliphatic carbocycles. The molecule has 0 radical (unpaired) electrons. The topological polar surface area (TPSA) is 76.1 Å². The molecule has 6 heteroatoms. The molecular formula is C14H17NO5. The van der Waals surface area contributed by atoms with Crippen LogP contribution in [-0.2, 0) is 9.59 Å². The predicted octanol–water partition coefficient (Wildman–Crippen LogP) is 1.26. The van der Waals surface area contributed by atoms with Crippen molar-refractivity contribution in [3.05, 3.63) is 29.8 Å². The van der Waals surface area contributed by atoms with Gasteiger partial charge in [0, 0.05) is 19.2 Å². The number of ether oxygens (including phenoxy) is 2. The lowest BCUT2D eigenvalue weighted by atomic mass is 10.2. The van der Waals surface area contributed by atoms with Gasteiger partial charge in [-0.15, -0.1) is 0 Å². The van der Waals surface area contributed by atoms with E-state index in [1.165, 1.54) is 27.3 Å². The quantitative estimate of drug-likeness (QED) is 0.793. The van der Waals surface area contributed by atoms with E-state index in [0.717, 1.165) is 10.5 Å². The molecule has 0 aromatic heterocycles. The normalized spacial score (nSPS) is 10.3. The van der Waals surface area contributed by atoms with E-state index < -0.39 is 11.9 Å². The molecule has 1 aromatic carbocycles. The number of carbonyl (C=O) groups excluding carboxylic acids is 1. The van der Waals surface area contributed by atoms with Crippen molar-refractivity contribution >= 4 is 18.0 Å². The molecule has 0 aliphatic rings. The highest BCUT2D eigenvalue weighted by Crippen LogP contribution is 2.23. The summed E-state index contributed by atoms with van der Waals surface area (Å²) < 4.78 is 10.2. The highest BCUT2D eigenvalue weighted by molar-refractivity contribution is 5.93. The van der Waals surface area contributed by atoms with Crippen molar-refractivity contribution in [1.82, 2.24) is 4.90 Å². The molecule has 0 atom stereocenters. The van der Waals surface area contributed by atoms with Gasteiger partial charge in [0.1, 0.15) is 18.0 Å². The van der Waals surface area contributed by atoms with Crippen LogP contribution in [0.3, 0.4) is 0 Å². The van der Waals surface area contributed by atoms with Gasteiger partial charge in [0.25, 0.3) is 0 Å². The SMILES string of the molecule is COc1cc(/C=C\C(=O)N(C)CC(=O)O)cc(OC)c1. The van der Waals surface area contributed by atoms with Gasteiger partial charge in [0.05, 0.1) is 14.2 Å². The molecule has 0 heterocycles. The third kappa shape index (κ3) is 4.64. The Hall–Kier alpha value is -2.50. The number of rotatable bonds is 6. The molecule has 1 amide bonds. The van der Waals surface area contributed by atoms with Gasteiger partial charge in [0.15, 0.2) is 0 Å². The Morgan fingerprint density at radius 3 is 2.20 bits per heavy atom. The second-order valence-corrected chi connectivity index (χ2v) is 4.07. The number of hydrogen-bond acceptors (Lipinski definition) is 4. The predicted molar refractivity (Wildman–Crippen MR) is 73.9 cm³/mol. The van der Waals surface area contributed by atoms with Gasteiger partial charge in [0.2, 0.25) is 5.91 Å². The minimum atomic E-state index is -1.06. The number of hydrogen-bond donors (Lipinski definition) is 1. The zero-order chi connectivity index (χ0) is 15.1. The number of amides is 1. The summed E-state index contributed by atoms with van der Waals surface area (Å²) in [6.45, 7) is -0.343. The standard InChI is InChI=1S/C14H17NO5/c1-15(9-14(17)18)13(16)5-4-10-6-11(19-2)8-12(7-10)20-3/h4-8H,9H2,1-3H3,(H,17,18)/b5-4-. The zero-order valence-electron chi connectivity index (χ0n) is 11.6. The Kier molecular flexibility index (Phi) is 5.58. The van der Waals surface area contributed by atoms with Gasteiger partial charge in [-0.05, 0) is 23.8 Å². The van der Waals surface area contributed by atoms with Crippen LogP contribution < -0.4 is 9.47 Å². The molecule has 0 spiro atoms. The van der Waals surface area contributed by atoms with Crippen LogP contribution in [0.15, 0.2) is 24.3 Å². The van der Waals surface area contributed by atoms with Crippen molar-refractivity contribution in [2.45, 2.75) is 0 Å². The van der Waals surface area contributed by atoms with Gasteiger partial charge in [-0.3, -0.25) is 9.59 Å². The number of nitrogens with zero attached hydrogens (tertiary/aromatic N) is 1. The number of carbonyl (C=O) groups is 2. The van der Waals surface area contributed by atoms with E-state index in [2.05, 4.69) is 0 Å². The first-order valence-electron chi connectivity index (χ1n) is 5.84. The summed E-state index contributed by atoms with van der Waals surface area (Å²) in [5.74, 6) is -0.239. The lowest BCUT2D eigenvalue weighted by molar-refractivity contribution is -0.141. The smallest absolute Gasteiger partial charge is 0.323 e. The highest BCUT2D eigenvalue weighted by Gasteiger charge is 2.08. The van der Waals surface area contributed by atoms with Crippen molar-refractivity contribution < 1.29 is 24.2 Å². The van der Waals surface area contributed by atoms with Crippen LogP contribution in [0.1, 0.15) is 5.56 Å². The van der Waals surface area contributed by atoms with Crippen LogP contribution in [0.25, 0.3) is 6.08 Å². The van der Waals surface area contributed by atoms with E-state index in [4.69, 9.17) is 14.6 Å². The summed E-state index contributed by atoms with van der Waals surface area (Å²) in [5.41, 5.74) is 0.721. The zero-order valence-corrected chi connectivity index (χ0v) is 11.6. The first kappa shape index (κ1) is 15.6. The summed E-state index contributed by atoms with van der Waals surface area (Å²) in [6.07, 6.45) is 2.88. The fourth-order valence-corrected chi connectivity index (χ4v) is 1.50. The maximum Gasteiger partial charge on any atom is 0.323 e. The largest absolute Gasteiger partial charge is 0.497 e. The number of carboxylic acid groups (broad SMARTS) is 1. The molecule has 0 saturated carbocycles. The molecule has 1 rings (SSSR count). The molecule has 1 N–H and O–H groups in total. The molecule has 1 aromatic rings. The number of likely N-dealkylation sites (N-methyl/N-ethyl adjacent to an activating group) is 1. The van der Waals surface area contributed by atoms with Crippen LogP contribution in [0, 0.1) is 0 Å². The van der Waals surface area contributed by atoms with Crippen LogP contribution in [0.5, 0.6) is 11.5 Å². The Balaban J connectivity index is 2.83. The minimum absolute atomic E-state index is 0.343. The molecule has 0 fully saturated rings. The second kappa shape index (κ2) is 7.18. The van der Waals surface area contributed by atoms with Crippen molar-refractivity contribution in [3.8, 4) is 11.5 Å². The molecular weight excluding hydrogens is 262 g/mol. The second-order valence-electron chi connectivity index (χ2n) is 4.07. The number of benzene rings is 1. The molecule has 20 heavy (non-hydrogen) atoms. The lowest BCUT2D eigenvalue weighted by Crippen LogP contribution is -2.30. The van der Waals surface area contributed by atoms with E-state index >= 15 is 0 Å². The van der Waals surface area contributed by atoms with Gasteiger partial charge >= 0.3 is 5.97 Å². The van der Waals surface area contributed by atoms with Gasteiger partial charge in [-0.1, -0.05) is 0 Å². The highest BCUT2D eigenvalue weighted by atomic mass is 16.5. The Bertz CT molecular complexity index is 502. The number of aliphatic carboxylic acids is 1. The minimum Gasteiger partial charge on any atom is -0.497 e. The molecule has 0 unspecified atom stereocenters. The Labute approximate surface area is 117 Å². The van der Waals surface area contributed by atoms with Crippen molar-refractivity contribution in [1.29, 1.82) is 0 Å². The molecule has 108 valence electrons. The molecule has 0 bridgehead atoms. The maximum atomic E-state index is 11.7. The fraction of sp³-hybridized carbons (Fsp3) is 0.286. The Morgan fingerprint density at radius 1 is 1.20 bits per heavy atom. The summed E-state index contributed by atoms with van der Waals surface area (Å²) in [7, 11) is 4.50. The summed E-state index contributed by atoms with van der Waals surface area (Å²) in [4.78, 5) is 23.3. The molecule has 6 nitrogen and oxygen atoms in total. The maximum absolute atomic E-state index is 11.7. The first-order valence-corrected chi connectivity index (χ1v) is 5.84. The first-order chi connectivity index (χ1) is 9.46. The number of methoxy groups -OCH3 is 2. The third-order valence-electron chi connectivity index (χ3n) is 2.54. The average Bonchev–Trinajstić information content (AvgIpc) is 2.43. The summed E-state index contributed by atoms with van der Waals surface area (Å²) >= 11 is 0. The van der Waals surface area contributed by atoms with Gasteiger partial charge in [-0.25, -0.2) is 0 Å². The summed E-state index contributed by atoms with van der Waals surface area (Å²) in [6, 6.07) is 5.20. The van der Waals surface area contributed by atoms with Gasteiger partial charge < -0.3 is 19.5 Å². The number of carboxylic acids is 1. The third-order valence-corrected chi connectivity index (χ3v) is 2.54. The van der Waals surface area contributed by atoms with Crippen LogP contribution in [0.4, 0.5) is 0 Å². The van der Waals surface area contributed by atoms with Crippen molar-refractivity contribution in [2.75, 3.05) is 27.8 Å². The van der Waals surface area contributed by atoms with E-state index in [1.807, 2.05) is 0 Å². The van der Waals surface area contributed by atoms with Crippen LogP contribution in [0.2, 0.25) is 0 Å². The lowest BCUT2D eigenvalue weighted by Gasteiger charge is -2.11. The van der Waals surface area contributed by atoms with E-state index in [0.29, 0.717) is 11.5 Å². The van der Waals surface area contributed by atoms with Crippen LogP contribution >= 0.6 is 0 Å². The van der Waals surface area contributed by atoms with E-state index in [9.17, 15) is 9.59 Å². The summed E-state index contributed by atoms with van der Waals surface area (Å²) in [5, 5.41) is 8.60. The van der Waals surface area contributed by atoms with E-state index in [-0.39, 0.29) is 6.54 Å².